The number of fused-ring (bicyclic) bond motifs is 1. The molecule has 0 unspecified atom stereocenters. The van der Waals surface area contributed by atoms with E-state index in [2.05, 4.69) is 25.6 Å². The lowest BCUT2D eigenvalue weighted by Crippen LogP contribution is -2.43. The molecule has 3 heterocycles. The predicted molar refractivity (Wildman–Crippen MR) is 143 cm³/mol. The van der Waals surface area contributed by atoms with E-state index in [1.165, 1.54) is 30.3 Å². The quantitative estimate of drug-likeness (QED) is 0.288. The van der Waals surface area contributed by atoms with Crippen LogP contribution in [0.2, 0.25) is 5.02 Å². The van der Waals surface area contributed by atoms with Crippen molar-refractivity contribution >= 4 is 51.6 Å². The van der Waals surface area contributed by atoms with Crippen LogP contribution in [0.4, 0.5) is 15.9 Å². The van der Waals surface area contributed by atoms with E-state index in [0.717, 1.165) is 12.8 Å². The molecule has 3 aromatic heterocycles. The normalized spacial score (nSPS) is 12.8. The summed E-state index contributed by atoms with van der Waals surface area (Å²) in [5.41, 5.74) is 1.96. The van der Waals surface area contributed by atoms with Gasteiger partial charge in [-0.3, -0.25) is 14.4 Å². The van der Waals surface area contributed by atoms with E-state index >= 15 is 0 Å². The van der Waals surface area contributed by atoms with Gasteiger partial charge in [-0.25, -0.2) is 19.3 Å². The minimum absolute atomic E-state index is 0.0214. The molecule has 0 aliphatic heterocycles. The molecule has 1 aliphatic carbocycles. The number of rotatable bonds is 10. The highest BCUT2D eigenvalue weighted by Crippen LogP contribution is 2.29. The molecule has 10 nitrogen and oxygen atoms in total. The van der Waals surface area contributed by atoms with Crippen LogP contribution in [-0.2, 0) is 22.7 Å². The summed E-state index contributed by atoms with van der Waals surface area (Å²) < 4.78 is 15.8. The summed E-state index contributed by atoms with van der Waals surface area (Å²) >= 11 is 5.81. The van der Waals surface area contributed by atoms with Gasteiger partial charge in [0.05, 0.1) is 41.4 Å². The van der Waals surface area contributed by atoms with Gasteiger partial charge in [0.1, 0.15) is 24.5 Å². The Morgan fingerprint density at radius 3 is 2.67 bits per heavy atom. The first-order valence-corrected chi connectivity index (χ1v) is 12.7. The smallest absolute Gasteiger partial charge is 0.243 e. The number of aromatic nitrogens is 4. The zero-order valence-corrected chi connectivity index (χ0v) is 21.8. The number of nitrogens with one attached hydrogen (secondary N) is 2. The van der Waals surface area contributed by atoms with Gasteiger partial charge in [-0.15, -0.1) is 0 Å². The lowest BCUT2D eigenvalue weighted by molar-refractivity contribution is -0.137. The average molecular weight is 550 g/mol. The lowest BCUT2D eigenvalue weighted by atomic mass is 10.1. The van der Waals surface area contributed by atoms with Crippen LogP contribution < -0.4 is 10.6 Å². The number of anilines is 2. The van der Waals surface area contributed by atoms with Gasteiger partial charge in [0.15, 0.2) is 5.78 Å². The van der Waals surface area contributed by atoms with Crippen molar-refractivity contribution in [1.82, 2.24) is 29.7 Å². The SMILES string of the molecule is CC(=O)c1cn(CC(=O)N(CC(=O)NCc2cccc(Cl)c2F)C2CC2)c2cnc(Nc3cncnc3)cc12. The second-order valence-electron chi connectivity index (χ2n) is 9.31. The molecule has 0 atom stereocenters. The van der Waals surface area contributed by atoms with Crippen LogP contribution in [0.5, 0.6) is 0 Å². The molecule has 5 rings (SSSR count). The largest absolute Gasteiger partial charge is 0.350 e. The van der Waals surface area contributed by atoms with Crippen LogP contribution in [0.15, 0.2) is 55.4 Å². The molecule has 1 aliphatic rings. The second kappa shape index (κ2) is 11.2. The zero-order valence-electron chi connectivity index (χ0n) is 21.0. The summed E-state index contributed by atoms with van der Waals surface area (Å²) in [6.45, 7) is 1.19. The highest BCUT2D eigenvalue weighted by atomic mass is 35.5. The average Bonchev–Trinajstić information content (AvgIpc) is 3.70. The Morgan fingerprint density at radius 1 is 1.18 bits per heavy atom. The van der Waals surface area contributed by atoms with Gasteiger partial charge in [-0.2, -0.15) is 0 Å². The maximum absolute atomic E-state index is 14.2. The van der Waals surface area contributed by atoms with Gasteiger partial charge < -0.3 is 20.1 Å². The molecule has 1 fully saturated rings. The van der Waals surface area contributed by atoms with Crippen LogP contribution in [0, 0.1) is 5.82 Å². The van der Waals surface area contributed by atoms with E-state index in [1.54, 1.807) is 41.5 Å². The van der Waals surface area contributed by atoms with Gasteiger partial charge in [0.2, 0.25) is 11.8 Å². The molecule has 0 spiro atoms. The molecule has 39 heavy (non-hydrogen) atoms. The molecular formula is C27H25ClFN7O3. The third-order valence-electron chi connectivity index (χ3n) is 6.41. The van der Waals surface area contributed by atoms with Crippen molar-refractivity contribution in [2.24, 2.45) is 0 Å². The molecule has 0 bridgehead atoms. The molecule has 2 N–H and O–H groups in total. The van der Waals surface area contributed by atoms with E-state index in [4.69, 9.17) is 11.6 Å². The first kappa shape index (κ1) is 26.2. The van der Waals surface area contributed by atoms with Crippen LogP contribution in [0.1, 0.15) is 35.7 Å². The van der Waals surface area contributed by atoms with Crippen LogP contribution >= 0.6 is 11.6 Å². The van der Waals surface area contributed by atoms with Gasteiger partial charge in [-0.1, -0.05) is 23.7 Å². The van der Waals surface area contributed by atoms with Crippen molar-refractivity contribution in [2.75, 3.05) is 11.9 Å². The first-order valence-electron chi connectivity index (χ1n) is 12.3. The molecule has 0 saturated heterocycles. The van der Waals surface area contributed by atoms with Crippen molar-refractivity contribution in [3.63, 3.8) is 0 Å². The van der Waals surface area contributed by atoms with Gasteiger partial charge in [0, 0.05) is 35.3 Å². The van der Waals surface area contributed by atoms with Gasteiger partial charge in [0.25, 0.3) is 0 Å². The number of amides is 2. The summed E-state index contributed by atoms with van der Waals surface area (Å²) in [5.74, 6) is -0.912. The van der Waals surface area contributed by atoms with Crippen LogP contribution in [0.25, 0.3) is 10.9 Å². The Hall–Kier alpha value is -4.38. The van der Waals surface area contributed by atoms with E-state index in [0.29, 0.717) is 28.0 Å². The van der Waals surface area contributed by atoms with Crippen molar-refractivity contribution in [3.8, 4) is 0 Å². The molecule has 0 radical (unpaired) electrons. The number of carbonyl (C=O) groups is 3. The minimum Gasteiger partial charge on any atom is -0.350 e. The fraction of sp³-hybridized carbons (Fsp3) is 0.259. The first-order chi connectivity index (χ1) is 18.8. The minimum atomic E-state index is -0.584. The molecule has 4 aromatic rings. The number of Topliss-reactive ketones (excluding diaryl/α,β-unsaturated/α-hetero) is 1. The zero-order chi connectivity index (χ0) is 27.5. The van der Waals surface area contributed by atoms with Crippen molar-refractivity contribution in [1.29, 1.82) is 0 Å². The Labute approximate surface area is 228 Å². The lowest BCUT2D eigenvalue weighted by Gasteiger charge is -2.22. The maximum atomic E-state index is 14.2. The van der Waals surface area contributed by atoms with Crippen molar-refractivity contribution in [3.05, 3.63) is 77.3 Å². The Kier molecular flexibility index (Phi) is 7.51. The van der Waals surface area contributed by atoms with Gasteiger partial charge in [-0.05, 0) is 31.9 Å². The molecule has 1 aromatic carbocycles. The Morgan fingerprint density at radius 2 is 1.95 bits per heavy atom. The Balaban J connectivity index is 1.31. The summed E-state index contributed by atoms with van der Waals surface area (Å²) in [6, 6.07) is 6.28. The predicted octanol–water partition coefficient (Wildman–Crippen LogP) is 3.87. The topological polar surface area (TPSA) is 122 Å². The van der Waals surface area contributed by atoms with E-state index in [1.807, 2.05) is 0 Å². The van der Waals surface area contributed by atoms with Crippen molar-refractivity contribution < 1.29 is 18.8 Å². The fourth-order valence-electron chi connectivity index (χ4n) is 4.31. The fourth-order valence-corrected chi connectivity index (χ4v) is 4.51. The Bertz CT molecular complexity index is 1560. The van der Waals surface area contributed by atoms with Crippen LogP contribution in [-0.4, -0.2) is 54.6 Å². The summed E-state index contributed by atoms with van der Waals surface area (Å²) in [6.07, 6.45) is 9.44. The molecular weight excluding hydrogens is 525 g/mol. The number of hydrogen-bond donors (Lipinski definition) is 2. The monoisotopic (exact) mass is 549 g/mol. The van der Waals surface area contributed by atoms with Gasteiger partial charge >= 0.3 is 0 Å². The number of pyridine rings is 1. The van der Waals surface area contributed by atoms with E-state index in [-0.39, 0.29) is 48.0 Å². The molecule has 1 saturated carbocycles. The second-order valence-corrected chi connectivity index (χ2v) is 9.72. The summed E-state index contributed by atoms with van der Waals surface area (Å²) in [5, 5.41) is 6.38. The molecule has 200 valence electrons. The highest BCUT2D eigenvalue weighted by Gasteiger charge is 2.34. The molecule has 2 amide bonds. The van der Waals surface area contributed by atoms with Crippen LogP contribution in [0.3, 0.4) is 0 Å². The number of halogens is 2. The van der Waals surface area contributed by atoms with E-state index < -0.39 is 11.7 Å². The molecule has 12 heteroatoms. The number of benzene rings is 1. The maximum Gasteiger partial charge on any atom is 0.243 e. The number of hydrogen-bond acceptors (Lipinski definition) is 7. The third kappa shape index (κ3) is 6.04. The summed E-state index contributed by atoms with van der Waals surface area (Å²) in [4.78, 5) is 52.3. The number of nitrogens with zero attached hydrogens (tertiary/aromatic N) is 5. The third-order valence-corrected chi connectivity index (χ3v) is 6.71. The summed E-state index contributed by atoms with van der Waals surface area (Å²) in [7, 11) is 0. The number of ketones is 1. The standard InChI is InChI=1S/C27H25ClFN7O3/c1-16(37)21-12-35(23-11-32-24(7-20(21)23)34-18-9-30-15-31-10-18)14-26(39)36(19-5-6-19)13-25(38)33-8-17-3-2-4-22(28)27(17)29/h2-4,7,9-12,15,19H,5-6,8,13-14H2,1H3,(H,32,34)(H,33,38). The van der Waals surface area contributed by atoms with E-state index in [9.17, 15) is 18.8 Å². The van der Waals surface area contributed by atoms with Crippen molar-refractivity contribution in [2.45, 2.75) is 38.9 Å². The number of carbonyl (C=O) groups excluding carboxylic acids is 3. The highest BCUT2D eigenvalue weighted by molar-refractivity contribution is 6.30.